The lowest BCUT2D eigenvalue weighted by atomic mass is 10.1. The Balaban J connectivity index is 1.90. The van der Waals surface area contributed by atoms with E-state index in [0.29, 0.717) is 0 Å². The van der Waals surface area contributed by atoms with Gasteiger partial charge in [0.25, 0.3) is 0 Å². The number of hydrogen-bond donors (Lipinski definition) is 2. The number of aryl methyl sites for hydroxylation is 3. The van der Waals surface area contributed by atoms with Crippen molar-refractivity contribution in [2.75, 3.05) is 17.2 Å². The van der Waals surface area contributed by atoms with Crippen LogP contribution in [0.15, 0.2) is 18.2 Å². The molecule has 0 saturated heterocycles. The number of benzene rings is 1. The van der Waals surface area contributed by atoms with E-state index in [2.05, 4.69) is 45.7 Å². The average molecular weight is 282 g/mol. The predicted octanol–water partition coefficient (Wildman–Crippen LogP) is 3.76. The summed E-state index contributed by atoms with van der Waals surface area (Å²) in [6.07, 6.45) is 3.68. The van der Waals surface area contributed by atoms with Crippen LogP contribution >= 0.6 is 0 Å². The molecule has 0 radical (unpaired) electrons. The first-order valence-corrected chi connectivity index (χ1v) is 7.65. The van der Waals surface area contributed by atoms with Crippen LogP contribution in [0.5, 0.6) is 0 Å². The van der Waals surface area contributed by atoms with E-state index in [0.717, 1.165) is 35.3 Å². The Labute approximate surface area is 126 Å². The molecular weight excluding hydrogens is 260 g/mol. The van der Waals surface area contributed by atoms with E-state index in [-0.39, 0.29) is 0 Å². The standard InChI is InChI=1S/C17H22N4/c1-4-18-16-11(2)17(20-12(3)19-16)21-15-9-8-13-6-5-7-14(13)10-15/h8-10H,4-7H2,1-3H3,(H2,18,19,20,21). The highest BCUT2D eigenvalue weighted by molar-refractivity contribution is 5.65. The molecule has 1 heterocycles. The number of anilines is 3. The summed E-state index contributed by atoms with van der Waals surface area (Å²) in [5.41, 5.74) is 5.13. The maximum Gasteiger partial charge on any atom is 0.139 e. The van der Waals surface area contributed by atoms with Crippen molar-refractivity contribution in [2.45, 2.75) is 40.0 Å². The van der Waals surface area contributed by atoms with Crippen LogP contribution in [0.3, 0.4) is 0 Å². The van der Waals surface area contributed by atoms with Crippen molar-refractivity contribution in [1.29, 1.82) is 0 Å². The highest BCUT2D eigenvalue weighted by Crippen LogP contribution is 2.28. The van der Waals surface area contributed by atoms with E-state index in [1.165, 1.54) is 30.4 Å². The lowest BCUT2D eigenvalue weighted by molar-refractivity contribution is 0.912. The third kappa shape index (κ3) is 2.84. The fourth-order valence-corrected chi connectivity index (χ4v) is 2.88. The maximum absolute atomic E-state index is 4.54. The summed E-state index contributed by atoms with van der Waals surface area (Å²) in [6.45, 7) is 6.90. The van der Waals surface area contributed by atoms with Crippen molar-refractivity contribution in [3.63, 3.8) is 0 Å². The van der Waals surface area contributed by atoms with Gasteiger partial charge in [-0.25, -0.2) is 9.97 Å². The van der Waals surface area contributed by atoms with Crippen molar-refractivity contribution in [3.05, 3.63) is 40.7 Å². The van der Waals surface area contributed by atoms with Gasteiger partial charge in [-0.2, -0.15) is 0 Å². The first kappa shape index (κ1) is 13.9. The van der Waals surface area contributed by atoms with Crippen LogP contribution in [0.1, 0.15) is 35.9 Å². The summed E-state index contributed by atoms with van der Waals surface area (Å²) < 4.78 is 0. The normalized spacial score (nSPS) is 13.1. The van der Waals surface area contributed by atoms with Gasteiger partial charge < -0.3 is 10.6 Å². The van der Waals surface area contributed by atoms with Gasteiger partial charge in [0.05, 0.1) is 0 Å². The molecular formula is C17H22N4. The third-order valence-electron chi connectivity index (χ3n) is 3.96. The summed E-state index contributed by atoms with van der Waals surface area (Å²) in [5, 5.41) is 6.74. The van der Waals surface area contributed by atoms with Crippen LogP contribution in [0.4, 0.5) is 17.3 Å². The molecule has 1 aliphatic rings. The Hall–Kier alpha value is -2.10. The first-order chi connectivity index (χ1) is 10.2. The SMILES string of the molecule is CCNc1nc(C)nc(Nc2ccc3c(c2)CCC3)c1C. The summed E-state index contributed by atoms with van der Waals surface area (Å²) >= 11 is 0. The fraction of sp³-hybridized carbons (Fsp3) is 0.412. The van der Waals surface area contributed by atoms with Gasteiger partial charge in [-0.05, 0) is 63.3 Å². The quantitative estimate of drug-likeness (QED) is 0.896. The van der Waals surface area contributed by atoms with Crippen molar-refractivity contribution in [3.8, 4) is 0 Å². The Morgan fingerprint density at radius 1 is 1.05 bits per heavy atom. The largest absolute Gasteiger partial charge is 0.370 e. The smallest absolute Gasteiger partial charge is 0.139 e. The van der Waals surface area contributed by atoms with Gasteiger partial charge in [-0.15, -0.1) is 0 Å². The molecule has 0 bridgehead atoms. The Morgan fingerprint density at radius 3 is 2.62 bits per heavy atom. The second-order valence-corrected chi connectivity index (χ2v) is 5.59. The number of hydrogen-bond acceptors (Lipinski definition) is 4. The molecule has 0 spiro atoms. The van der Waals surface area contributed by atoms with Crippen LogP contribution in [-0.2, 0) is 12.8 Å². The Bertz CT molecular complexity index is 664. The van der Waals surface area contributed by atoms with Gasteiger partial charge in [-0.3, -0.25) is 0 Å². The second kappa shape index (κ2) is 5.72. The van der Waals surface area contributed by atoms with E-state index in [1.54, 1.807) is 0 Å². The van der Waals surface area contributed by atoms with Crippen molar-refractivity contribution in [1.82, 2.24) is 9.97 Å². The van der Waals surface area contributed by atoms with E-state index in [1.807, 2.05) is 13.8 Å². The molecule has 4 nitrogen and oxygen atoms in total. The summed E-state index contributed by atoms with van der Waals surface area (Å²) in [5.74, 6) is 2.57. The molecule has 0 atom stereocenters. The minimum Gasteiger partial charge on any atom is -0.370 e. The van der Waals surface area contributed by atoms with Crippen LogP contribution in [0, 0.1) is 13.8 Å². The molecule has 3 rings (SSSR count). The molecule has 0 fully saturated rings. The molecule has 1 aromatic carbocycles. The molecule has 4 heteroatoms. The molecule has 21 heavy (non-hydrogen) atoms. The van der Waals surface area contributed by atoms with Gasteiger partial charge in [0.15, 0.2) is 0 Å². The fourth-order valence-electron chi connectivity index (χ4n) is 2.88. The zero-order valence-corrected chi connectivity index (χ0v) is 13.0. The third-order valence-corrected chi connectivity index (χ3v) is 3.96. The minimum atomic E-state index is 0.778. The van der Waals surface area contributed by atoms with Crippen LogP contribution in [0.25, 0.3) is 0 Å². The summed E-state index contributed by atoms with van der Waals surface area (Å²) in [4.78, 5) is 9.00. The topological polar surface area (TPSA) is 49.8 Å². The lowest BCUT2D eigenvalue weighted by Gasteiger charge is -2.14. The molecule has 110 valence electrons. The Morgan fingerprint density at radius 2 is 1.81 bits per heavy atom. The van der Waals surface area contributed by atoms with E-state index in [9.17, 15) is 0 Å². The van der Waals surface area contributed by atoms with E-state index < -0.39 is 0 Å². The molecule has 0 saturated carbocycles. The van der Waals surface area contributed by atoms with Crippen LogP contribution in [0.2, 0.25) is 0 Å². The Kier molecular flexibility index (Phi) is 3.78. The van der Waals surface area contributed by atoms with Crippen LogP contribution < -0.4 is 10.6 Å². The minimum absolute atomic E-state index is 0.778. The molecule has 2 N–H and O–H groups in total. The number of rotatable bonds is 4. The van der Waals surface area contributed by atoms with Crippen molar-refractivity contribution in [2.24, 2.45) is 0 Å². The zero-order valence-electron chi connectivity index (χ0n) is 13.0. The molecule has 0 amide bonds. The number of aromatic nitrogens is 2. The monoisotopic (exact) mass is 282 g/mol. The highest BCUT2D eigenvalue weighted by atomic mass is 15.1. The van der Waals surface area contributed by atoms with Crippen molar-refractivity contribution < 1.29 is 0 Å². The molecule has 1 aromatic heterocycles. The lowest BCUT2D eigenvalue weighted by Crippen LogP contribution is -2.07. The van der Waals surface area contributed by atoms with Gasteiger partial charge in [0, 0.05) is 17.8 Å². The molecule has 1 aliphatic carbocycles. The summed E-state index contributed by atoms with van der Waals surface area (Å²) in [6, 6.07) is 6.64. The van der Waals surface area contributed by atoms with Gasteiger partial charge >= 0.3 is 0 Å². The number of fused-ring (bicyclic) bond motifs is 1. The van der Waals surface area contributed by atoms with E-state index >= 15 is 0 Å². The van der Waals surface area contributed by atoms with Gasteiger partial charge in [-0.1, -0.05) is 6.07 Å². The second-order valence-electron chi connectivity index (χ2n) is 5.59. The first-order valence-electron chi connectivity index (χ1n) is 7.65. The van der Waals surface area contributed by atoms with Gasteiger partial charge in [0.1, 0.15) is 17.5 Å². The number of nitrogens with one attached hydrogen (secondary N) is 2. The van der Waals surface area contributed by atoms with Gasteiger partial charge in [0.2, 0.25) is 0 Å². The van der Waals surface area contributed by atoms with E-state index in [4.69, 9.17) is 0 Å². The highest BCUT2D eigenvalue weighted by Gasteiger charge is 2.13. The molecule has 0 aliphatic heterocycles. The van der Waals surface area contributed by atoms with Crippen molar-refractivity contribution >= 4 is 17.3 Å². The summed E-state index contributed by atoms with van der Waals surface area (Å²) in [7, 11) is 0. The molecule has 2 aromatic rings. The predicted molar refractivity (Wildman–Crippen MR) is 87.4 cm³/mol. The molecule has 0 unspecified atom stereocenters. The van der Waals surface area contributed by atoms with Crippen LogP contribution in [-0.4, -0.2) is 16.5 Å². The maximum atomic E-state index is 4.54. The average Bonchev–Trinajstić information content (AvgIpc) is 2.91. The zero-order chi connectivity index (χ0) is 14.8. The number of nitrogens with zero attached hydrogens (tertiary/aromatic N) is 2.